The van der Waals surface area contributed by atoms with Crippen molar-refractivity contribution in [3.8, 4) is 0 Å². The van der Waals surface area contributed by atoms with Gasteiger partial charge in [-0.15, -0.1) is 0 Å². The molecule has 148 valence electrons. The van der Waals surface area contributed by atoms with Gasteiger partial charge in [0, 0.05) is 22.8 Å². The van der Waals surface area contributed by atoms with Gasteiger partial charge >= 0.3 is 0 Å². The zero-order chi connectivity index (χ0) is 20.9. The highest BCUT2D eigenvalue weighted by molar-refractivity contribution is 6.05. The predicted molar refractivity (Wildman–Crippen MR) is 119 cm³/mol. The van der Waals surface area contributed by atoms with E-state index in [-0.39, 0.29) is 5.91 Å². The average Bonchev–Trinajstić information content (AvgIpc) is 2.79. The van der Waals surface area contributed by atoms with E-state index in [1.165, 1.54) is 0 Å². The largest absolute Gasteiger partial charge is 0.397 e. The van der Waals surface area contributed by atoms with Crippen LogP contribution in [-0.2, 0) is 11.3 Å². The fourth-order valence-electron chi connectivity index (χ4n) is 3.19. The van der Waals surface area contributed by atoms with E-state index in [1.54, 1.807) is 35.4 Å². The Morgan fingerprint density at radius 2 is 1.80 bits per heavy atom. The topological polar surface area (TPSA) is 88.3 Å². The number of hydrogen-bond acceptors (Lipinski definition) is 4. The maximum atomic E-state index is 12.5. The summed E-state index contributed by atoms with van der Waals surface area (Å²) in [5.74, 6) is -0.242. The fraction of sp³-hybridized carbons (Fsp3) is 0.0417. The van der Waals surface area contributed by atoms with Gasteiger partial charge in [0.2, 0.25) is 6.41 Å². The Labute approximate surface area is 174 Å². The van der Waals surface area contributed by atoms with E-state index in [9.17, 15) is 9.59 Å². The molecule has 6 heteroatoms. The van der Waals surface area contributed by atoms with Crippen molar-refractivity contribution in [1.29, 1.82) is 0 Å². The molecule has 0 radical (unpaired) electrons. The van der Waals surface area contributed by atoms with Gasteiger partial charge in [0.25, 0.3) is 5.91 Å². The van der Waals surface area contributed by atoms with E-state index in [1.807, 2.05) is 54.6 Å². The minimum Gasteiger partial charge on any atom is -0.397 e. The number of nitrogens with zero attached hydrogens (tertiary/aromatic N) is 2. The number of carbonyl (C=O) groups is 2. The van der Waals surface area contributed by atoms with Gasteiger partial charge in [0.05, 0.1) is 23.4 Å². The molecule has 4 rings (SSSR count). The smallest absolute Gasteiger partial charge is 0.255 e. The number of benzene rings is 3. The van der Waals surface area contributed by atoms with Crippen molar-refractivity contribution < 1.29 is 9.59 Å². The number of rotatable bonds is 6. The van der Waals surface area contributed by atoms with Crippen LogP contribution in [0.5, 0.6) is 0 Å². The summed E-state index contributed by atoms with van der Waals surface area (Å²) in [4.78, 5) is 30.1. The maximum absolute atomic E-state index is 12.5. The van der Waals surface area contributed by atoms with Crippen molar-refractivity contribution in [3.63, 3.8) is 0 Å². The average molecular weight is 396 g/mol. The first-order valence-electron chi connectivity index (χ1n) is 9.45. The lowest BCUT2D eigenvalue weighted by Gasteiger charge is -2.18. The zero-order valence-corrected chi connectivity index (χ0v) is 16.2. The van der Waals surface area contributed by atoms with Crippen molar-refractivity contribution in [2.24, 2.45) is 0 Å². The number of hydrogen-bond donors (Lipinski definition) is 2. The number of para-hydroxylation sites is 2. The highest BCUT2D eigenvalue weighted by Crippen LogP contribution is 2.22. The van der Waals surface area contributed by atoms with Crippen molar-refractivity contribution >= 4 is 40.3 Å². The molecule has 0 saturated heterocycles. The van der Waals surface area contributed by atoms with Crippen molar-refractivity contribution in [3.05, 3.63) is 96.2 Å². The van der Waals surface area contributed by atoms with E-state index >= 15 is 0 Å². The van der Waals surface area contributed by atoms with E-state index in [2.05, 4.69) is 10.3 Å². The zero-order valence-electron chi connectivity index (χ0n) is 16.2. The first-order valence-corrected chi connectivity index (χ1v) is 9.45. The number of aromatic nitrogens is 1. The molecule has 2 amide bonds. The Hall–Kier alpha value is -4.19. The lowest BCUT2D eigenvalue weighted by Crippen LogP contribution is -2.20. The highest BCUT2D eigenvalue weighted by Gasteiger charge is 2.10. The summed E-state index contributed by atoms with van der Waals surface area (Å²) in [5.41, 5.74) is 10.0. The Bertz CT molecular complexity index is 1210. The second-order valence-corrected chi connectivity index (χ2v) is 6.85. The second kappa shape index (κ2) is 8.45. The van der Waals surface area contributed by atoms with E-state index in [0.29, 0.717) is 23.5 Å². The van der Waals surface area contributed by atoms with E-state index in [4.69, 9.17) is 5.73 Å². The molecule has 0 spiro atoms. The SMILES string of the molecule is Nc1ccccc1NC(=O)c1ccc(CN(C=O)c2ccc3ncccc3c2)cc1. The number of carbonyl (C=O) groups excluding carboxylic acids is 2. The van der Waals surface area contributed by atoms with Crippen LogP contribution in [0.3, 0.4) is 0 Å². The lowest BCUT2D eigenvalue weighted by atomic mass is 10.1. The summed E-state index contributed by atoms with van der Waals surface area (Å²) >= 11 is 0. The third kappa shape index (κ3) is 4.12. The second-order valence-electron chi connectivity index (χ2n) is 6.85. The molecule has 0 atom stereocenters. The third-order valence-corrected chi connectivity index (χ3v) is 4.82. The summed E-state index contributed by atoms with van der Waals surface area (Å²) in [6, 6.07) is 23.8. The first-order chi connectivity index (χ1) is 14.6. The van der Waals surface area contributed by atoms with Crippen LogP contribution in [0.2, 0.25) is 0 Å². The molecule has 3 N–H and O–H groups in total. The van der Waals surface area contributed by atoms with Gasteiger partial charge in [0.1, 0.15) is 0 Å². The lowest BCUT2D eigenvalue weighted by molar-refractivity contribution is -0.107. The first kappa shape index (κ1) is 19.1. The van der Waals surface area contributed by atoms with E-state index in [0.717, 1.165) is 28.6 Å². The number of anilines is 3. The molecule has 6 nitrogen and oxygen atoms in total. The van der Waals surface area contributed by atoms with Gasteiger partial charge in [-0.25, -0.2) is 0 Å². The monoisotopic (exact) mass is 396 g/mol. The van der Waals surface area contributed by atoms with E-state index < -0.39 is 0 Å². The number of nitrogens with one attached hydrogen (secondary N) is 1. The molecule has 0 unspecified atom stereocenters. The Kier molecular flexibility index (Phi) is 5.39. The molecule has 0 aliphatic rings. The molecule has 3 aromatic carbocycles. The Morgan fingerprint density at radius 1 is 1.00 bits per heavy atom. The Morgan fingerprint density at radius 3 is 2.57 bits per heavy atom. The minimum atomic E-state index is -0.242. The van der Waals surface area contributed by atoms with Gasteiger partial charge in [-0.1, -0.05) is 30.3 Å². The van der Waals surface area contributed by atoms with Gasteiger partial charge in [0.15, 0.2) is 0 Å². The molecule has 30 heavy (non-hydrogen) atoms. The van der Waals surface area contributed by atoms with Gasteiger partial charge in [-0.2, -0.15) is 0 Å². The van der Waals surface area contributed by atoms with Crippen LogP contribution in [0.4, 0.5) is 17.1 Å². The highest BCUT2D eigenvalue weighted by atomic mass is 16.1. The molecular formula is C24H20N4O2. The number of nitrogens with two attached hydrogens (primary N) is 1. The molecule has 0 saturated carbocycles. The van der Waals surface area contributed by atoms with Gasteiger partial charge in [-0.05, 0) is 54.1 Å². The minimum absolute atomic E-state index is 0.242. The summed E-state index contributed by atoms with van der Waals surface area (Å²) in [5, 5.41) is 3.77. The van der Waals surface area contributed by atoms with Crippen LogP contribution >= 0.6 is 0 Å². The molecular weight excluding hydrogens is 376 g/mol. The van der Waals surface area contributed by atoms with Crippen molar-refractivity contribution in [2.45, 2.75) is 6.54 Å². The Balaban J connectivity index is 1.48. The molecule has 0 bridgehead atoms. The number of nitrogen functional groups attached to an aromatic ring is 1. The molecule has 1 heterocycles. The quantitative estimate of drug-likeness (QED) is 0.377. The van der Waals surface area contributed by atoms with Crippen LogP contribution in [-0.4, -0.2) is 17.3 Å². The van der Waals surface area contributed by atoms with Crippen LogP contribution in [0.1, 0.15) is 15.9 Å². The summed E-state index contributed by atoms with van der Waals surface area (Å²) in [6.07, 6.45) is 2.54. The number of fused-ring (bicyclic) bond motifs is 1. The normalized spacial score (nSPS) is 10.5. The third-order valence-electron chi connectivity index (χ3n) is 4.82. The fourth-order valence-corrected chi connectivity index (χ4v) is 3.19. The summed E-state index contributed by atoms with van der Waals surface area (Å²) < 4.78 is 0. The molecule has 0 fully saturated rings. The predicted octanol–water partition coefficient (Wildman–Crippen LogP) is 4.23. The molecule has 4 aromatic rings. The van der Waals surface area contributed by atoms with Crippen molar-refractivity contribution in [2.75, 3.05) is 16.0 Å². The summed E-state index contributed by atoms with van der Waals surface area (Å²) in [7, 11) is 0. The summed E-state index contributed by atoms with van der Waals surface area (Å²) in [6.45, 7) is 0.392. The van der Waals surface area contributed by atoms with Gasteiger partial charge in [-0.3, -0.25) is 14.6 Å². The van der Waals surface area contributed by atoms with Crippen molar-refractivity contribution in [1.82, 2.24) is 4.98 Å². The van der Waals surface area contributed by atoms with Crippen LogP contribution < -0.4 is 16.0 Å². The molecule has 1 aromatic heterocycles. The number of amides is 2. The maximum Gasteiger partial charge on any atom is 0.255 e. The molecule has 0 aliphatic heterocycles. The standard InChI is InChI=1S/C24H20N4O2/c25-21-5-1-2-6-23(21)27-24(30)18-9-7-17(8-10-18)15-28(16-29)20-11-12-22-19(14-20)4-3-13-26-22/h1-14,16H,15,25H2,(H,27,30). The van der Waals surface area contributed by atoms with Crippen LogP contribution in [0, 0.1) is 0 Å². The number of pyridine rings is 1. The van der Waals surface area contributed by atoms with Gasteiger partial charge < -0.3 is 16.0 Å². The molecule has 0 aliphatic carbocycles. The van der Waals surface area contributed by atoms with Crippen LogP contribution in [0.25, 0.3) is 10.9 Å². The van der Waals surface area contributed by atoms with Crippen LogP contribution in [0.15, 0.2) is 85.1 Å².